The Labute approximate surface area is 232 Å². The molecule has 1 saturated carbocycles. The van der Waals surface area contributed by atoms with Gasteiger partial charge in [-0.15, -0.1) is 0 Å². The summed E-state index contributed by atoms with van der Waals surface area (Å²) in [6.07, 6.45) is 0. The molecule has 0 saturated heterocycles. The molecule has 0 aromatic heterocycles. The van der Waals surface area contributed by atoms with Crippen molar-refractivity contribution in [2.45, 2.75) is 23.7 Å². The van der Waals surface area contributed by atoms with Crippen LogP contribution in [-0.2, 0) is 0 Å². The van der Waals surface area contributed by atoms with Gasteiger partial charge in [-0.3, -0.25) is 0 Å². The van der Waals surface area contributed by atoms with Crippen LogP contribution in [0, 0.1) is 56.7 Å². The minimum Gasteiger partial charge on any atom is -0.192 e. The second-order valence-corrected chi connectivity index (χ2v) is 10.0. The highest BCUT2D eigenvalue weighted by Crippen LogP contribution is 2.67. The fourth-order valence-electron chi connectivity index (χ4n) is 6.70. The Morgan fingerprint density at radius 1 is 0.500 bits per heavy atom. The van der Waals surface area contributed by atoms with Gasteiger partial charge in [-0.2, -0.15) is 26.3 Å². The van der Waals surface area contributed by atoms with Gasteiger partial charge in [0.2, 0.25) is 0 Å². The van der Waals surface area contributed by atoms with E-state index in [2.05, 4.69) is 42.5 Å². The molecule has 0 amide bonds. The van der Waals surface area contributed by atoms with E-state index in [0.717, 1.165) is 39.0 Å². The smallest absolute Gasteiger partial charge is 0.130 e. The van der Waals surface area contributed by atoms with Gasteiger partial charge in [0.1, 0.15) is 17.7 Å². The van der Waals surface area contributed by atoms with E-state index >= 15 is 0 Å². The Balaban J connectivity index is 1.73. The van der Waals surface area contributed by atoms with Crippen molar-refractivity contribution in [3.8, 4) is 41.5 Å². The number of rotatable bonds is 2. The van der Waals surface area contributed by atoms with E-state index in [1.54, 1.807) is 24.3 Å². The van der Waals surface area contributed by atoms with Crippen molar-refractivity contribution in [3.63, 3.8) is 0 Å². The molecule has 4 unspecified atom stereocenters. The Kier molecular flexibility index (Phi) is 5.95. The second-order valence-electron chi connectivity index (χ2n) is 10.0. The zero-order valence-electron chi connectivity index (χ0n) is 21.2. The molecular formula is C35H19N5. The normalized spacial score (nSPS) is 19.8. The molecule has 4 aromatic carbocycles. The van der Waals surface area contributed by atoms with Gasteiger partial charge in [0.25, 0.3) is 0 Å². The number of nitrogens with zero attached hydrogens (tertiary/aromatic N) is 5. The summed E-state index contributed by atoms with van der Waals surface area (Å²) in [5, 5.41) is 49.1. The molecule has 0 heterocycles. The van der Waals surface area contributed by atoms with Crippen LogP contribution in [0.25, 0.3) is 11.1 Å². The standard InChI is InChI=1S/C35H19N5/c36-16-21-5-10-24(11-6-21)31-33(26(19-39)20-40)32(25-12-7-22(17-37)8-13-25)35-30-15-23(18-38)9-14-28(30)27-3-1-2-4-29(27)34(31)35/h1-15,31-32,34-35H. The highest BCUT2D eigenvalue weighted by Gasteiger charge is 2.53. The summed E-state index contributed by atoms with van der Waals surface area (Å²) in [5.74, 6) is -1.00. The van der Waals surface area contributed by atoms with Gasteiger partial charge < -0.3 is 0 Å². The molecule has 5 heteroatoms. The molecule has 4 aromatic rings. The van der Waals surface area contributed by atoms with Crippen LogP contribution in [0.2, 0.25) is 0 Å². The average Bonchev–Trinajstić information content (AvgIpc) is 3.38. The van der Waals surface area contributed by atoms with Crippen molar-refractivity contribution in [2.75, 3.05) is 0 Å². The van der Waals surface area contributed by atoms with Crippen LogP contribution in [0.3, 0.4) is 0 Å². The maximum atomic E-state index is 10.2. The molecule has 0 N–H and O–H groups in total. The number of fused-ring (bicyclic) bond motifs is 6. The molecule has 0 bridgehead atoms. The third-order valence-electron chi connectivity index (χ3n) is 8.24. The zero-order valence-corrected chi connectivity index (χ0v) is 21.2. The molecule has 0 aliphatic heterocycles. The van der Waals surface area contributed by atoms with Gasteiger partial charge in [0, 0.05) is 23.7 Å². The maximum Gasteiger partial charge on any atom is 0.130 e. The predicted octanol–water partition coefficient (Wildman–Crippen LogP) is 7.07. The number of nitriles is 5. The van der Waals surface area contributed by atoms with Gasteiger partial charge >= 0.3 is 0 Å². The van der Waals surface area contributed by atoms with Crippen LogP contribution in [0.15, 0.2) is 102 Å². The van der Waals surface area contributed by atoms with Gasteiger partial charge in [0.15, 0.2) is 0 Å². The van der Waals surface area contributed by atoms with E-state index in [1.807, 2.05) is 54.6 Å². The van der Waals surface area contributed by atoms with Crippen molar-refractivity contribution < 1.29 is 0 Å². The molecule has 2 aliphatic rings. The fraction of sp³-hybridized carbons (Fsp3) is 0.114. The Bertz CT molecular complexity index is 1900. The number of hydrogen-bond donors (Lipinski definition) is 0. The number of benzene rings is 4. The summed E-state index contributed by atoms with van der Waals surface area (Å²) >= 11 is 0. The minimum atomic E-state index is -0.353. The van der Waals surface area contributed by atoms with E-state index in [9.17, 15) is 26.3 Å². The Morgan fingerprint density at radius 2 is 0.975 bits per heavy atom. The summed E-state index contributed by atoms with van der Waals surface area (Å²) in [6.45, 7) is 0. The van der Waals surface area contributed by atoms with Crippen molar-refractivity contribution in [3.05, 3.63) is 141 Å². The van der Waals surface area contributed by atoms with Crippen LogP contribution in [0.5, 0.6) is 0 Å². The molecule has 1 fully saturated rings. The quantitative estimate of drug-likeness (QED) is 0.268. The Morgan fingerprint density at radius 3 is 1.50 bits per heavy atom. The molecule has 184 valence electrons. The molecule has 2 aliphatic carbocycles. The van der Waals surface area contributed by atoms with Crippen LogP contribution < -0.4 is 0 Å². The molecule has 0 spiro atoms. The van der Waals surface area contributed by atoms with Gasteiger partial charge in [0.05, 0.1) is 34.9 Å². The summed E-state index contributed by atoms with van der Waals surface area (Å²) in [4.78, 5) is 0. The first-order valence-electron chi connectivity index (χ1n) is 12.8. The topological polar surface area (TPSA) is 119 Å². The lowest BCUT2D eigenvalue weighted by Gasteiger charge is -2.35. The van der Waals surface area contributed by atoms with E-state index < -0.39 is 0 Å². The maximum absolute atomic E-state index is 10.2. The monoisotopic (exact) mass is 509 g/mol. The summed E-state index contributed by atoms with van der Waals surface area (Å²) in [6, 6.07) is 39.6. The Hall–Kier alpha value is -5.93. The lowest BCUT2D eigenvalue weighted by Crippen LogP contribution is -2.19. The lowest BCUT2D eigenvalue weighted by atomic mass is 9.67. The van der Waals surface area contributed by atoms with Crippen LogP contribution in [-0.4, -0.2) is 0 Å². The van der Waals surface area contributed by atoms with Crippen molar-refractivity contribution in [1.29, 1.82) is 26.3 Å². The van der Waals surface area contributed by atoms with Crippen molar-refractivity contribution in [2.24, 2.45) is 0 Å². The van der Waals surface area contributed by atoms with Crippen molar-refractivity contribution >= 4 is 0 Å². The van der Waals surface area contributed by atoms with E-state index in [0.29, 0.717) is 16.7 Å². The largest absolute Gasteiger partial charge is 0.192 e. The van der Waals surface area contributed by atoms with E-state index in [-0.39, 0.29) is 29.2 Å². The zero-order chi connectivity index (χ0) is 27.8. The van der Waals surface area contributed by atoms with Crippen LogP contribution in [0.4, 0.5) is 0 Å². The second kappa shape index (κ2) is 9.75. The fourth-order valence-corrected chi connectivity index (χ4v) is 6.70. The average molecular weight is 510 g/mol. The predicted molar refractivity (Wildman–Crippen MR) is 148 cm³/mol. The van der Waals surface area contributed by atoms with Gasteiger partial charge in [-0.05, 0) is 75.4 Å². The van der Waals surface area contributed by atoms with E-state index in [1.165, 1.54) is 0 Å². The van der Waals surface area contributed by atoms with Gasteiger partial charge in [-0.1, -0.05) is 54.6 Å². The minimum absolute atomic E-state index is 0.0635. The van der Waals surface area contributed by atoms with Crippen molar-refractivity contribution in [1.82, 2.24) is 0 Å². The first kappa shape index (κ1) is 24.4. The lowest BCUT2D eigenvalue weighted by molar-refractivity contribution is 0.547. The third kappa shape index (κ3) is 3.65. The number of allylic oxidation sites excluding steroid dienone is 2. The van der Waals surface area contributed by atoms with Gasteiger partial charge in [-0.25, -0.2) is 0 Å². The number of hydrogen-bond acceptors (Lipinski definition) is 5. The van der Waals surface area contributed by atoms with Crippen LogP contribution in [0.1, 0.15) is 62.6 Å². The third-order valence-corrected chi connectivity index (χ3v) is 8.24. The summed E-state index contributed by atoms with van der Waals surface area (Å²) < 4.78 is 0. The molecule has 4 atom stereocenters. The molecule has 40 heavy (non-hydrogen) atoms. The molecule has 0 radical (unpaired) electrons. The molecule has 6 rings (SSSR count). The van der Waals surface area contributed by atoms with E-state index in [4.69, 9.17) is 0 Å². The first-order valence-corrected chi connectivity index (χ1v) is 12.8. The highest BCUT2D eigenvalue weighted by molar-refractivity contribution is 5.79. The highest BCUT2D eigenvalue weighted by atomic mass is 14.6. The SMILES string of the molecule is N#CC(C#N)=C1C(c2ccc(C#N)cc2)C2c3ccccc3-c3ccc(C#N)cc3C2C1c1ccc(C#N)cc1. The molecule has 5 nitrogen and oxygen atoms in total. The summed E-state index contributed by atoms with van der Waals surface area (Å²) in [5.41, 5.74) is 8.41. The molecular weight excluding hydrogens is 490 g/mol. The van der Waals surface area contributed by atoms with Crippen LogP contribution >= 0.6 is 0 Å². The summed E-state index contributed by atoms with van der Waals surface area (Å²) in [7, 11) is 0. The first-order chi connectivity index (χ1) is 19.6.